The number of aliphatic hydroxyl groups excluding tert-OH is 1. The molecule has 1 N–H and O–H groups in total. The summed E-state index contributed by atoms with van der Waals surface area (Å²) in [6.45, 7) is 13.6. The van der Waals surface area contributed by atoms with Gasteiger partial charge in [-0.15, -0.1) is 0 Å². The molecule has 3 fully saturated rings. The second kappa shape index (κ2) is 8.22. The van der Waals surface area contributed by atoms with Gasteiger partial charge in [-0.1, -0.05) is 26.8 Å². The van der Waals surface area contributed by atoms with Crippen LogP contribution >= 0.6 is 0 Å². The van der Waals surface area contributed by atoms with Gasteiger partial charge in [-0.25, -0.2) is 0 Å². The molecule has 2 heterocycles. The zero-order valence-corrected chi connectivity index (χ0v) is 19.3. The number of ether oxygens (including phenoxy) is 3. The minimum atomic E-state index is -0.411. The highest BCUT2D eigenvalue weighted by Gasteiger charge is 2.61. The SMILES string of the molecule is CC1(C)[C@H]2CC[C@@]1(C)[C@H](OC[C@H](O)CN1CCN(Cc3ccc4c(c3)OCO4)CC1)C2. The summed E-state index contributed by atoms with van der Waals surface area (Å²) in [5, 5.41) is 10.6. The second-order valence-corrected chi connectivity index (χ2v) is 10.9. The van der Waals surface area contributed by atoms with Crippen LogP contribution in [0.3, 0.4) is 0 Å². The predicted octanol–water partition coefficient (Wildman–Crippen LogP) is 3.13. The van der Waals surface area contributed by atoms with Crippen LogP contribution in [0.1, 0.15) is 45.6 Å². The van der Waals surface area contributed by atoms with Crippen molar-refractivity contribution < 1.29 is 19.3 Å². The monoisotopic (exact) mass is 430 g/mol. The molecule has 0 unspecified atom stereocenters. The van der Waals surface area contributed by atoms with Gasteiger partial charge >= 0.3 is 0 Å². The number of benzene rings is 1. The molecule has 2 bridgehead atoms. The van der Waals surface area contributed by atoms with Crippen LogP contribution in [0.15, 0.2) is 18.2 Å². The van der Waals surface area contributed by atoms with Gasteiger partial charge in [0.25, 0.3) is 0 Å². The largest absolute Gasteiger partial charge is 0.454 e. The van der Waals surface area contributed by atoms with E-state index in [1.54, 1.807) is 0 Å². The van der Waals surface area contributed by atoms with Crippen LogP contribution in [-0.4, -0.2) is 73.2 Å². The summed E-state index contributed by atoms with van der Waals surface area (Å²) in [4.78, 5) is 4.84. The molecule has 6 nitrogen and oxygen atoms in total. The maximum atomic E-state index is 10.6. The summed E-state index contributed by atoms with van der Waals surface area (Å²) in [7, 11) is 0. The van der Waals surface area contributed by atoms with Crippen LogP contribution in [0.5, 0.6) is 11.5 Å². The van der Waals surface area contributed by atoms with Gasteiger partial charge in [0, 0.05) is 39.3 Å². The quantitative estimate of drug-likeness (QED) is 0.717. The summed E-state index contributed by atoms with van der Waals surface area (Å²) >= 11 is 0. The van der Waals surface area contributed by atoms with E-state index >= 15 is 0 Å². The Morgan fingerprint density at radius 3 is 2.55 bits per heavy atom. The van der Waals surface area contributed by atoms with Crippen LogP contribution in [0.25, 0.3) is 0 Å². The highest BCUT2D eigenvalue weighted by molar-refractivity contribution is 5.44. The molecule has 1 saturated heterocycles. The van der Waals surface area contributed by atoms with Gasteiger partial charge in [-0.2, -0.15) is 0 Å². The smallest absolute Gasteiger partial charge is 0.231 e. The Kier molecular flexibility index (Phi) is 5.70. The Bertz CT molecular complexity index is 792. The van der Waals surface area contributed by atoms with Gasteiger partial charge in [-0.05, 0) is 53.7 Å². The number of rotatable bonds is 7. The molecule has 5 rings (SSSR count). The van der Waals surface area contributed by atoms with Crippen molar-refractivity contribution in [3.63, 3.8) is 0 Å². The normalized spacial score (nSPS) is 33.2. The van der Waals surface area contributed by atoms with E-state index in [9.17, 15) is 5.11 Å². The molecule has 2 aliphatic carbocycles. The van der Waals surface area contributed by atoms with E-state index in [-0.39, 0.29) is 5.41 Å². The van der Waals surface area contributed by atoms with Crippen molar-refractivity contribution in [1.82, 2.24) is 9.80 Å². The van der Waals surface area contributed by atoms with Crippen molar-refractivity contribution in [3.8, 4) is 11.5 Å². The summed E-state index contributed by atoms with van der Waals surface area (Å²) in [5.74, 6) is 2.47. The van der Waals surface area contributed by atoms with Crippen LogP contribution in [0.4, 0.5) is 0 Å². The molecule has 4 atom stereocenters. The molecular weight excluding hydrogens is 392 g/mol. The van der Waals surface area contributed by atoms with Crippen molar-refractivity contribution in [2.45, 2.75) is 58.8 Å². The fraction of sp³-hybridized carbons (Fsp3) is 0.760. The first-order valence-electron chi connectivity index (χ1n) is 12.0. The molecule has 31 heavy (non-hydrogen) atoms. The second-order valence-electron chi connectivity index (χ2n) is 10.9. The fourth-order valence-corrected chi connectivity index (χ4v) is 6.39. The number of hydrogen-bond acceptors (Lipinski definition) is 6. The first-order chi connectivity index (χ1) is 14.8. The lowest BCUT2D eigenvalue weighted by atomic mass is 9.70. The molecule has 0 amide bonds. The summed E-state index contributed by atoms with van der Waals surface area (Å²) in [6.07, 6.45) is 3.65. The fourth-order valence-electron chi connectivity index (χ4n) is 6.39. The zero-order chi connectivity index (χ0) is 21.6. The van der Waals surface area contributed by atoms with Crippen molar-refractivity contribution >= 4 is 0 Å². The topological polar surface area (TPSA) is 54.4 Å². The average Bonchev–Trinajstić information content (AvgIpc) is 3.35. The Morgan fingerprint density at radius 1 is 1.10 bits per heavy atom. The van der Waals surface area contributed by atoms with Gasteiger partial charge in [-0.3, -0.25) is 9.80 Å². The number of piperazine rings is 1. The summed E-state index contributed by atoms with van der Waals surface area (Å²) in [6, 6.07) is 6.22. The summed E-state index contributed by atoms with van der Waals surface area (Å²) < 4.78 is 17.2. The van der Waals surface area contributed by atoms with Gasteiger partial charge in [0.2, 0.25) is 6.79 Å². The van der Waals surface area contributed by atoms with Crippen LogP contribution < -0.4 is 9.47 Å². The Morgan fingerprint density at radius 2 is 1.84 bits per heavy atom. The maximum Gasteiger partial charge on any atom is 0.231 e. The molecule has 0 radical (unpaired) electrons. The Labute approximate surface area is 186 Å². The maximum absolute atomic E-state index is 10.6. The van der Waals surface area contributed by atoms with Crippen molar-refractivity contribution in [2.75, 3.05) is 46.1 Å². The van der Waals surface area contributed by atoms with Crippen molar-refractivity contribution in [1.29, 1.82) is 0 Å². The van der Waals surface area contributed by atoms with E-state index in [4.69, 9.17) is 14.2 Å². The van der Waals surface area contributed by atoms with Crippen LogP contribution in [-0.2, 0) is 11.3 Å². The van der Waals surface area contributed by atoms with E-state index in [2.05, 4.69) is 42.7 Å². The standard InChI is InChI=1S/C25H38N2O4/c1-24(2)19-6-7-25(24,3)23(13-19)29-16-20(28)15-27-10-8-26(9-11-27)14-18-4-5-21-22(12-18)31-17-30-21/h4-5,12,19-20,23,28H,6-11,13-17H2,1-3H3/t19-,20+,23+,25-/m0/s1. The summed E-state index contributed by atoms with van der Waals surface area (Å²) in [5.41, 5.74) is 1.88. The Balaban J connectivity index is 1.04. The first kappa shape index (κ1) is 21.5. The lowest BCUT2D eigenvalue weighted by Gasteiger charge is -2.39. The van der Waals surface area contributed by atoms with Crippen LogP contribution in [0, 0.1) is 16.7 Å². The molecule has 2 aliphatic heterocycles. The third kappa shape index (κ3) is 3.97. The van der Waals surface area contributed by atoms with Gasteiger partial charge in [0.15, 0.2) is 11.5 Å². The van der Waals surface area contributed by atoms with Crippen molar-refractivity contribution in [2.24, 2.45) is 16.7 Å². The predicted molar refractivity (Wildman–Crippen MR) is 119 cm³/mol. The Hall–Kier alpha value is -1.34. The van der Waals surface area contributed by atoms with E-state index in [0.29, 0.717) is 31.5 Å². The van der Waals surface area contributed by atoms with Gasteiger partial charge < -0.3 is 19.3 Å². The third-order valence-electron chi connectivity index (χ3n) is 8.98. The number of hydrogen-bond donors (Lipinski definition) is 1. The van der Waals surface area contributed by atoms with E-state index in [1.807, 2.05) is 6.07 Å². The number of fused-ring (bicyclic) bond motifs is 3. The molecule has 6 heteroatoms. The molecule has 172 valence electrons. The molecule has 1 aromatic carbocycles. The van der Waals surface area contributed by atoms with E-state index in [1.165, 1.54) is 18.4 Å². The molecule has 0 aromatic heterocycles. The van der Waals surface area contributed by atoms with Gasteiger partial charge in [0.05, 0.1) is 18.8 Å². The third-order valence-corrected chi connectivity index (χ3v) is 8.98. The average molecular weight is 431 g/mol. The highest BCUT2D eigenvalue weighted by Crippen LogP contribution is 2.66. The van der Waals surface area contributed by atoms with E-state index < -0.39 is 6.10 Å². The molecule has 4 aliphatic rings. The number of aliphatic hydroxyl groups is 1. The molecule has 0 spiro atoms. The lowest BCUT2D eigenvalue weighted by Crippen LogP contribution is -2.49. The first-order valence-corrected chi connectivity index (χ1v) is 12.0. The minimum Gasteiger partial charge on any atom is -0.454 e. The number of nitrogens with zero attached hydrogens (tertiary/aromatic N) is 2. The lowest BCUT2D eigenvalue weighted by molar-refractivity contribution is -0.0807. The molecular formula is C25H38N2O4. The van der Waals surface area contributed by atoms with E-state index in [0.717, 1.165) is 56.6 Å². The minimum absolute atomic E-state index is 0.262. The number of β-amino-alcohol motifs (C(OH)–C–C–N with tert-alkyl or cyclic N) is 1. The van der Waals surface area contributed by atoms with Crippen LogP contribution in [0.2, 0.25) is 0 Å². The van der Waals surface area contributed by atoms with Gasteiger partial charge in [0.1, 0.15) is 0 Å². The highest BCUT2D eigenvalue weighted by atomic mass is 16.7. The van der Waals surface area contributed by atoms with Crippen molar-refractivity contribution in [3.05, 3.63) is 23.8 Å². The molecule has 2 saturated carbocycles. The zero-order valence-electron chi connectivity index (χ0n) is 19.3. The molecule has 1 aromatic rings.